The van der Waals surface area contributed by atoms with Crippen molar-refractivity contribution >= 4 is 6.03 Å². The van der Waals surface area contributed by atoms with E-state index in [1.54, 1.807) is 24.3 Å². The van der Waals surface area contributed by atoms with Crippen molar-refractivity contribution in [3.63, 3.8) is 0 Å². The average molecular weight is 245 g/mol. The third-order valence-corrected chi connectivity index (χ3v) is 2.39. The molecule has 1 atom stereocenters. The van der Waals surface area contributed by atoms with Gasteiger partial charge in [-0.1, -0.05) is 12.1 Å². The van der Waals surface area contributed by atoms with Crippen LogP contribution in [0.5, 0.6) is 0 Å². The molecule has 0 radical (unpaired) electrons. The molecule has 5 nitrogen and oxygen atoms in total. The molecular weight excluding hydrogens is 230 g/mol. The molecular formula is C13H15N3O2. The number of hydrogen-bond acceptors (Lipinski definition) is 3. The van der Waals surface area contributed by atoms with Crippen LogP contribution >= 0.6 is 0 Å². The van der Waals surface area contributed by atoms with Gasteiger partial charge in [0.1, 0.15) is 0 Å². The van der Waals surface area contributed by atoms with Gasteiger partial charge in [0.05, 0.1) is 11.6 Å². The van der Waals surface area contributed by atoms with E-state index in [0.717, 1.165) is 5.56 Å². The molecule has 1 unspecified atom stereocenters. The molecule has 0 aromatic heterocycles. The van der Waals surface area contributed by atoms with E-state index in [-0.39, 0.29) is 17.8 Å². The third kappa shape index (κ3) is 2.79. The molecule has 94 valence electrons. The number of rotatable bonds is 1. The summed E-state index contributed by atoms with van der Waals surface area (Å²) in [4.78, 5) is 17.0. The van der Waals surface area contributed by atoms with Crippen molar-refractivity contribution in [2.75, 3.05) is 0 Å². The monoisotopic (exact) mass is 245 g/mol. The quantitative estimate of drug-likeness (QED) is 0.772. The highest BCUT2D eigenvalue weighted by Crippen LogP contribution is 2.37. The van der Waals surface area contributed by atoms with Crippen LogP contribution in [0.15, 0.2) is 24.3 Å². The fourth-order valence-corrected chi connectivity index (χ4v) is 1.53. The predicted octanol–water partition coefficient (Wildman–Crippen LogP) is 2.31. The first-order valence-electron chi connectivity index (χ1n) is 5.69. The number of carbonyl (C=O) groups excluding carboxylic acids is 1. The smallest absolute Gasteiger partial charge is 0.332 e. The molecule has 2 amide bonds. The maximum Gasteiger partial charge on any atom is 0.344 e. The number of hydroxylamine groups is 2. The van der Waals surface area contributed by atoms with Crippen LogP contribution in [0.2, 0.25) is 0 Å². The Balaban J connectivity index is 1.98. The standard InChI is InChI=1S/C13H15N3O2/c1-13(2,3)15-12(17)16-11(18-16)10-6-4-9(8-14)5-7-10/h4-7,11H,1-3H3,(H,15,17). The Hall–Kier alpha value is -2.06. The third-order valence-electron chi connectivity index (χ3n) is 2.39. The number of amides is 2. The predicted molar refractivity (Wildman–Crippen MR) is 65.1 cm³/mol. The van der Waals surface area contributed by atoms with Crippen molar-refractivity contribution < 1.29 is 9.63 Å². The normalized spacial score (nSPS) is 18.1. The van der Waals surface area contributed by atoms with Crippen LogP contribution < -0.4 is 5.32 Å². The number of nitriles is 1. The molecule has 1 N–H and O–H groups in total. The summed E-state index contributed by atoms with van der Waals surface area (Å²) in [5, 5.41) is 12.8. The average Bonchev–Trinajstić information content (AvgIpc) is 3.07. The first kappa shape index (κ1) is 12.4. The topological polar surface area (TPSA) is 68.4 Å². The van der Waals surface area contributed by atoms with Crippen LogP contribution in [0, 0.1) is 11.3 Å². The van der Waals surface area contributed by atoms with Crippen LogP contribution in [0.1, 0.15) is 38.1 Å². The molecule has 1 aromatic carbocycles. The van der Waals surface area contributed by atoms with Crippen LogP contribution in [-0.2, 0) is 4.84 Å². The molecule has 5 heteroatoms. The SMILES string of the molecule is CC(C)(C)NC(=O)N1OC1c1ccc(C#N)cc1. The van der Waals surface area contributed by atoms with Gasteiger partial charge in [0.25, 0.3) is 0 Å². The van der Waals surface area contributed by atoms with Crippen LogP contribution in [0.4, 0.5) is 4.79 Å². The Labute approximate surface area is 106 Å². The second-order valence-corrected chi connectivity index (χ2v) is 5.20. The molecule has 2 rings (SSSR count). The molecule has 1 aromatic rings. The van der Waals surface area contributed by atoms with Crippen molar-refractivity contribution in [1.82, 2.24) is 10.4 Å². The summed E-state index contributed by atoms with van der Waals surface area (Å²) in [6.07, 6.45) is -0.347. The maximum absolute atomic E-state index is 11.8. The van der Waals surface area contributed by atoms with E-state index in [1.165, 1.54) is 5.06 Å². The highest BCUT2D eigenvalue weighted by Gasteiger charge is 2.43. The number of benzene rings is 1. The van der Waals surface area contributed by atoms with Crippen molar-refractivity contribution in [1.29, 1.82) is 5.26 Å². The van der Waals surface area contributed by atoms with Gasteiger partial charge < -0.3 is 5.32 Å². The number of nitrogens with one attached hydrogen (secondary N) is 1. The van der Waals surface area contributed by atoms with Crippen molar-refractivity contribution in [3.05, 3.63) is 35.4 Å². The zero-order valence-corrected chi connectivity index (χ0v) is 10.6. The fraction of sp³-hybridized carbons (Fsp3) is 0.385. The molecule has 1 heterocycles. The summed E-state index contributed by atoms with van der Waals surface area (Å²) >= 11 is 0. The van der Waals surface area contributed by atoms with Crippen molar-refractivity contribution in [2.45, 2.75) is 32.5 Å². The van der Waals surface area contributed by atoms with Crippen molar-refractivity contribution in [2.24, 2.45) is 0 Å². The Kier molecular flexibility index (Phi) is 2.97. The van der Waals surface area contributed by atoms with Gasteiger partial charge in [0.15, 0.2) is 0 Å². The van der Waals surface area contributed by atoms with E-state index in [4.69, 9.17) is 10.1 Å². The molecule has 0 aliphatic carbocycles. The van der Waals surface area contributed by atoms with Crippen LogP contribution in [-0.4, -0.2) is 16.6 Å². The van der Waals surface area contributed by atoms with E-state index in [0.29, 0.717) is 5.56 Å². The molecule has 1 fully saturated rings. The molecule has 0 bridgehead atoms. The van der Waals surface area contributed by atoms with E-state index in [2.05, 4.69) is 5.32 Å². The van der Waals surface area contributed by atoms with E-state index < -0.39 is 0 Å². The lowest BCUT2D eigenvalue weighted by Gasteiger charge is -2.19. The van der Waals surface area contributed by atoms with Gasteiger partial charge in [-0.05, 0) is 32.9 Å². The Morgan fingerprint density at radius 3 is 2.50 bits per heavy atom. The minimum Gasteiger partial charge on any atom is -0.332 e. The number of urea groups is 1. The van der Waals surface area contributed by atoms with Gasteiger partial charge >= 0.3 is 6.03 Å². The second kappa shape index (κ2) is 4.31. The Morgan fingerprint density at radius 1 is 1.39 bits per heavy atom. The molecule has 1 aliphatic rings. The first-order valence-corrected chi connectivity index (χ1v) is 5.69. The summed E-state index contributed by atoms with van der Waals surface area (Å²) in [6, 6.07) is 8.77. The maximum atomic E-state index is 11.8. The second-order valence-electron chi connectivity index (χ2n) is 5.20. The zero-order valence-electron chi connectivity index (χ0n) is 10.6. The van der Waals surface area contributed by atoms with Gasteiger partial charge in [-0.3, -0.25) is 0 Å². The summed E-state index contributed by atoms with van der Waals surface area (Å²) in [7, 11) is 0. The Bertz CT molecular complexity index is 496. The van der Waals surface area contributed by atoms with Crippen molar-refractivity contribution in [3.8, 4) is 6.07 Å². The van der Waals surface area contributed by atoms with E-state index in [1.807, 2.05) is 26.8 Å². The highest BCUT2D eigenvalue weighted by atomic mass is 16.8. The number of carbonyl (C=O) groups is 1. The number of hydrogen-bond donors (Lipinski definition) is 1. The fourth-order valence-electron chi connectivity index (χ4n) is 1.53. The molecule has 0 spiro atoms. The van der Waals surface area contributed by atoms with Gasteiger partial charge in [-0.15, -0.1) is 0 Å². The minimum absolute atomic E-state index is 0.253. The molecule has 0 saturated carbocycles. The zero-order chi connectivity index (χ0) is 13.3. The number of nitrogens with zero attached hydrogens (tertiary/aromatic N) is 2. The van der Waals surface area contributed by atoms with E-state index >= 15 is 0 Å². The lowest BCUT2D eigenvalue weighted by atomic mass is 10.1. The highest BCUT2D eigenvalue weighted by molar-refractivity contribution is 5.75. The lowest BCUT2D eigenvalue weighted by Crippen LogP contribution is -2.43. The van der Waals surface area contributed by atoms with E-state index in [9.17, 15) is 4.79 Å². The van der Waals surface area contributed by atoms with Crippen LogP contribution in [0.3, 0.4) is 0 Å². The summed E-state index contributed by atoms with van der Waals surface area (Å²) in [5.41, 5.74) is 1.15. The largest absolute Gasteiger partial charge is 0.344 e. The molecule has 18 heavy (non-hydrogen) atoms. The molecule has 1 saturated heterocycles. The molecule has 1 aliphatic heterocycles. The van der Waals surface area contributed by atoms with Gasteiger partial charge in [0, 0.05) is 11.1 Å². The summed E-state index contributed by atoms with van der Waals surface area (Å²) in [6.45, 7) is 5.72. The van der Waals surface area contributed by atoms with Gasteiger partial charge in [-0.2, -0.15) is 10.3 Å². The van der Waals surface area contributed by atoms with Gasteiger partial charge in [-0.25, -0.2) is 9.63 Å². The first-order chi connectivity index (χ1) is 8.40. The lowest BCUT2D eigenvalue weighted by molar-refractivity contribution is 0.169. The summed E-state index contributed by atoms with van der Waals surface area (Å²) < 4.78 is 0. The summed E-state index contributed by atoms with van der Waals surface area (Å²) in [5.74, 6) is 0. The van der Waals surface area contributed by atoms with Crippen LogP contribution in [0.25, 0.3) is 0 Å². The van der Waals surface area contributed by atoms with Gasteiger partial charge in [0.2, 0.25) is 6.23 Å². The Morgan fingerprint density at radius 2 is 2.00 bits per heavy atom. The minimum atomic E-state index is -0.347.